The average molecular weight is 112 g/mol. The van der Waals surface area contributed by atoms with Crippen molar-refractivity contribution in [3.8, 4) is 0 Å². The van der Waals surface area contributed by atoms with Gasteiger partial charge in [0.2, 0.25) is 0 Å². The van der Waals surface area contributed by atoms with Crippen LogP contribution in [0.25, 0.3) is 0 Å². The van der Waals surface area contributed by atoms with Gasteiger partial charge in [0.25, 0.3) is 0 Å². The molecule has 1 rings (SSSR count). The van der Waals surface area contributed by atoms with Crippen LogP contribution in [0.5, 0.6) is 0 Å². The molecule has 1 atom stereocenters. The minimum absolute atomic E-state index is 0.481. The first-order valence-corrected chi connectivity index (χ1v) is 3.14. The quantitative estimate of drug-likeness (QED) is 0.504. The Labute approximate surface area is 50.3 Å². The van der Waals surface area contributed by atoms with E-state index in [9.17, 15) is 0 Å². The van der Waals surface area contributed by atoms with Crippen LogP contribution in [0.1, 0.15) is 26.7 Å². The molecule has 0 saturated heterocycles. The molecule has 1 heterocycles. The first-order valence-electron chi connectivity index (χ1n) is 3.14. The predicted molar refractivity (Wildman–Crippen MR) is 33.5 cm³/mol. The van der Waals surface area contributed by atoms with E-state index >= 15 is 0 Å². The fraction of sp³-hybridized carbons (Fsp3) is 0.714. The van der Waals surface area contributed by atoms with E-state index in [1.54, 1.807) is 0 Å². The highest BCUT2D eigenvalue weighted by Gasteiger charge is 2.11. The smallest absolute Gasteiger partial charge is 0.101 e. The molecule has 1 unspecified atom stereocenters. The molecular formula is C7H12O. The normalized spacial score (nSPS) is 27.2. The van der Waals surface area contributed by atoms with Gasteiger partial charge < -0.3 is 4.74 Å². The van der Waals surface area contributed by atoms with E-state index in [1.807, 2.05) is 6.26 Å². The maximum atomic E-state index is 5.25. The number of hydrogen-bond donors (Lipinski definition) is 0. The van der Waals surface area contributed by atoms with Gasteiger partial charge in [-0.2, -0.15) is 0 Å². The Morgan fingerprint density at radius 3 is 2.88 bits per heavy atom. The summed E-state index contributed by atoms with van der Waals surface area (Å²) in [7, 11) is 0. The first kappa shape index (κ1) is 5.67. The first-order chi connectivity index (χ1) is 3.83. The summed E-state index contributed by atoms with van der Waals surface area (Å²) in [6.45, 7) is 4.26. The van der Waals surface area contributed by atoms with E-state index in [2.05, 4.69) is 13.8 Å². The van der Waals surface area contributed by atoms with Crippen molar-refractivity contribution < 1.29 is 4.74 Å². The highest BCUT2D eigenvalue weighted by atomic mass is 16.5. The van der Waals surface area contributed by atoms with Crippen LogP contribution in [-0.2, 0) is 4.74 Å². The molecule has 0 aromatic rings. The molecule has 0 radical (unpaired) electrons. The van der Waals surface area contributed by atoms with Gasteiger partial charge >= 0.3 is 0 Å². The Hall–Kier alpha value is -0.460. The van der Waals surface area contributed by atoms with Crippen LogP contribution in [0, 0.1) is 0 Å². The second-order valence-corrected chi connectivity index (χ2v) is 2.33. The van der Waals surface area contributed by atoms with Crippen LogP contribution >= 0.6 is 0 Å². The Bertz CT molecular complexity index is 105. The van der Waals surface area contributed by atoms with E-state index in [0.717, 1.165) is 12.8 Å². The van der Waals surface area contributed by atoms with Gasteiger partial charge in [0.1, 0.15) is 6.10 Å². The van der Waals surface area contributed by atoms with E-state index in [1.165, 1.54) is 5.57 Å². The zero-order chi connectivity index (χ0) is 5.98. The number of hydrogen-bond acceptors (Lipinski definition) is 1. The number of ether oxygens (including phenoxy) is 1. The van der Waals surface area contributed by atoms with Crippen molar-refractivity contribution in [1.29, 1.82) is 0 Å². The molecule has 0 aliphatic carbocycles. The summed E-state index contributed by atoms with van der Waals surface area (Å²) in [5.41, 5.74) is 1.37. The molecule has 46 valence electrons. The molecule has 0 fully saturated rings. The van der Waals surface area contributed by atoms with Crippen molar-refractivity contribution in [3.63, 3.8) is 0 Å². The summed E-state index contributed by atoms with van der Waals surface area (Å²) in [6.07, 6.45) is 4.62. The maximum absolute atomic E-state index is 5.25. The van der Waals surface area contributed by atoms with Crippen molar-refractivity contribution in [1.82, 2.24) is 0 Å². The summed E-state index contributed by atoms with van der Waals surface area (Å²) in [6, 6.07) is 0. The standard InChI is InChI=1S/C7H12O/c1-3-7-4-6(2)5-8-7/h5,7H,3-4H2,1-2H3. The molecule has 8 heavy (non-hydrogen) atoms. The molecule has 1 nitrogen and oxygen atoms in total. The van der Waals surface area contributed by atoms with Crippen LogP contribution in [0.3, 0.4) is 0 Å². The molecule has 0 spiro atoms. The molecule has 0 saturated carbocycles. The summed E-state index contributed by atoms with van der Waals surface area (Å²) >= 11 is 0. The van der Waals surface area contributed by atoms with Gasteiger partial charge in [-0.3, -0.25) is 0 Å². The highest BCUT2D eigenvalue weighted by Crippen LogP contribution is 2.18. The fourth-order valence-electron chi connectivity index (χ4n) is 0.908. The topological polar surface area (TPSA) is 9.23 Å². The Morgan fingerprint density at radius 1 is 1.88 bits per heavy atom. The van der Waals surface area contributed by atoms with Crippen LogP contribution in [0.2, 0.25) is 0 Å². The van der Waals surface area contributed by atoms with Crippen molar-refractivity contribution in [3.05, 3.63) is 11.8 Å². The molecular weight excluding hydrogens is 100 g/mol. The zero-order valence-electron chi connectivity index (χ0n) is 5.48. The van der Waals surface area contributed by atoms with Gasteiger partial charge in [0.15, 0.2) is 0 Å². The molecule has 1 heteroatoms. The average Bonchev–Trinajstić information content (AvgIpc) is 2.14. The Kier molecular flexibility index (Phi) is 1.56. The third kappa shape index (κ3) is 1.03. The summed E-state index contributed by atoms with van der Waals surface area (Å²) in [4.78, 5) is 0. The van der Waals surface area contributed by atoms with E-state index in [-0.39, 0.29) is 0 Å². The second-order valence-electron chi connectivity index (χ2n) is 2.33. The SMILES string of the molecule is CCC1CC(C)=CO1. The number of rotatable bonds is 1. The lowest BCUT2D eigenvalue weighted by molar-refractivity contribution is 0.166. The van der Waals surface area contributed by atoms with Crippen molar-refractivity contribution >= 4 is 0 Å². The largest absolute Gasteiger partial charge is 0.498 e. The van der Waals surface area contributed by atoms with Gasteiger partial charge in [-0.25, -0.2) is 0 Å². The van der Waals surface area contributed by atoms with Gasteiger partial charge in [-0.1, -0.05) is 6.92 Å². The zero-order valence-corrected chi connectivity index (χ0v) is 5.48. The van der Waals surface area contributed by atoms with Gasteiger partial charge in [-0.15, -0.1) is 0 Å². The lowest BCUT2D eigenvalue weighted by atomic mass is 10.1. The van der Waals surface area contributed by atoms with E-state index < -0.39 is 0 Å². The Balaban J connectivity index is 2.32. The third-order valence-electron chi connectivity index (χ3n) is 1.47. The van der Waals surface area contributed by atoms with E-state index in [0.29, 0.717) is 6.10 Å². The van der Waals surface area contributed by atoms with E-state index in [4.69, 9.17) is 4.74 Å². The Morgan fingerprint density at radius 2 is 2.62 bits per heavy atom. The van der Waals surface area contributed by atoms with Crippen molar-refractivity contribution in [2.24, 2.45) is 0 Å². The molecule has 0 bridgehead atoms. The minimum Gasteiger partial charge on any atom is -0.498 e. The molecule has 0 amide bonds. The third-order valence-corrected chi connectivity index (χ3v) is 1.47. The van der Waals surface area contributed by atoms with Crippen LogP contribution in [0.15, 0.2) is 11.8 Å². The fourth-order valence-corrected chi connectivity index (χ4v) is 0.908. The van der Waals surface area contributed by atoms with Gasteiger partial charge in [0, 0.05) is 6.42 Å². The van der Waals surface area contributed by atoms with Gasteiger partial charge in [-0.05, 0) is 18.9 Å². The molecule has 0 aromatic heterocycles. The monoisotopic (exact) mass is 112 g/mol. The van der Waals surface area contributed by atoms with Crippen molar-refractivity contribution in [2.75, 3.05) is 0 Å². The van der Waals surface area contributed by atoms with Crippen LogP contribution in [0.4, 0.5) is 0 Å². The lowest BCUT2D eigenvalue weighted by Gasteiger charge is -2.03. The summed E-state index contributed by atoms with van der Waals surface area (Å²) < 4.78 is 5.25. The van der Waals surface area contributed by atoms with Crippen molar-refractivity contribution in [2.45, 2.75) is 32.8 Å². The van der Waals surface area contributed by atoms with Crippen LogP contribution in [-0.4, -0.2) is 6.10 Å². The highest BCUT2D eigenvalue weighted by molar-refractivity contribution is 5.00. The lowest BCUT2D eigenvalue weighted by Crippen LogP contribution is -2.00. The second kappa shape index (κ2) is 2.21. The predicted octanol–water partition coefficient (Wildman–Crippen LogP) is 2.09. The molecule has 0 N–H and O–H groups in total. The van der Waals surface area contributed by atoms with Crippen LogP contribution < -0.4 is 0 Å². The molecule has 1 aliphatic rings. The molecule has 0 aromatic carbocycles. The molecule has 1 aliphatic heterocycles. The minimum atomic E-state index is 0.481. The summed E-state index contributed by atoms with van der Waals surface area (Å²) in [5, 5.41) is 0. The summed E-state index contributed by atoms with van der Waals surface area (Å²) in [5.74, 6) is 0. The van der Waals surface area contributed by atoms with Gasteiger partial charge in [0.05, 0.1) is 6.26 Å². The maximum Gasteiger partial charge on any atom is 0.101 e.